The van der Waals surface area contributed by atoms with Crippen molar-refractivity contribution in [2.24, 2.45) is 0 Å². The Balaban J connectivity index is 1.66. The van der Waals surface area contributed by atoms with Crippen LogP contribution < -0.4 is 0 Å². The first kappa shape index (κ1) is 18.6. The molecule has 0 spiro atoms. The Hall–Kier alpha value is -2.18. The summed E-state index contributed by atoms with van der Waals surface area (Å²) in [5, 5.41) is 1.91. The van der Waals surface area contributed by atoms with Crippen molar-refractivity contribution >= 4 is 23.2 Å². The van der Waals surface area contributed by atoms with Crippen LogP contribution >= 0.6 is 11.3 Å². The van der Waals surface area contributed by atoms with Crippen LogP contribution in [0.15, 0.2) is 41.8 Å². The molecule has 1 aliphatic rings. The second-order valence-corrected chi connectivity index (χ2v) is 7.82. The Labute approximate surface area is 158 Å². The number of hydrogen-bond acceptors (Lipinski definition) is 4. The minimum atomic E-state index is -0.296. The number of amides is 2. The molecule has 2 aromatic rings. The summed E-state index contributed by atoms with van der Waals surface area (Å²) < 4.78 is 0. The number of piperazine rings is 1. The number of carbonyl (C=O) groups is 2. The van der Waals surface area contributed by atoms with Gasteiger partial charge in [0.05, 0.1) is 4.88 Å². The van der Waals surface area contributed by atoms with Gasteiger partial charge in [0.15, 0.2) is 0 Å². The van der Waals surface area contributed by atoms with Gasteiger partial charge in [-0.15, -0.1) is 11.3 Å². The molecule has 1 fully saturated rings. The maximum Gasteiger partial charge on any atom is 0.264 e. The molecule has 3 rings (SSSR count). The number of rotatable bonds is 4. The number of carbonyl (C=O) groups excluding carboxylic acids is 2. The van der Waals surface area contributed by atoms with Crippen molar-refractivity contribution in [2.45, 2.75) is 13.0 Å². The van der Waals surface area contributed by atoms with Crippen LogP contribution in [0.3, 0.4) is 0 Å². The second kappa shape index (κ2) is 8.01. The zero-order valence-electron chi connectivity index (χ0n) is 15.5. The fraction of sp³-hybridized carbons (Fsp3) is 0.400. The standard InChI is InChI=1S/C20H25N3O2S/c1-15-6-8-16(9-7-15)18(21(2)3)20(25)23-12-10-22(11-13-23)19(24)17-5-4-14-26-17/h4-9,14,18H,10-13H2,1-3H3. The predicted octanol–water partition coefficient (Wildman–Crippen LogP) is 2.64. The smallest absolute Gasteiger partial charge is 0.264 e. The molecule has 5 nitrogen and oxygen atoms in total. The molecule has 0 saturated carbocycles. The van der Waals surface area contributed by atoms with Gasteiger partial charge in [0.2, 0.25) is 5.91 Å². The third-order valence-corrected chi connectivity index (χ3v) is 5.61. The largest absolute Gasteiger partial charge is 0.337 e. The summed E-state index contributed by atoms with van der Waals surface area (Å²) >= 11 is 1.46. The number of thiophene rings is 1. The average molecular weight is 372 g/mol. The van der Waals surface area contributed by atoms with Crippen LogP contribution in [0.1, 0.15) is 26.8 Å². The molecular formula is C20H25N3O2S. The Kier molecular flexibility index (Phi) is 5.74. The summed E-state index contributed by atoms with van der Waals surface area (Å²) in [6, 6.07) is 11.6. The molecule has 0 aliphatic carbocycles. The van der Waals surface area contributed by atoms with Gasteiger partial charge in [-0.05, 0) is 38.0 Å². The lowest BCUT2D eigenvalue weighted by atomic mass is 10.0. The number of benzene rings is 1. The topological polar surface area (TPSA) is 43.9 Å². The van der Waals surface area contributed by atoms with E-state index in [1.165, 1.54) is 16.9 Å². The van der Waals surface area contributed by atoms with Crippen molar-refractivity contribution in [1.82, 2.24) is 14.7 Å². The van der Waals surface area contributed by atoms with Crippen molar-refractivity contribution in [2.75, 3.05) is 40.3 Å². The highest BCUT2D eigenvalue weighted by Gasteiger charge is 2.31. The lowest BCUT2D eigenvalue weighted by Crippen LogP contribution is -2.52. The van der Waals surface area contributed by atoms with Gasteiger partial charge >= 0.3 is 0 Å². The summed E-state index contributed by atoms with van der Waals surface area (Å²) in [7, 11) is 3.86. The lowest BCUT2D eigenvalue weighted by molar-refractivity contribution is -0.137. The Morgan fingerprint density at radius 2 is 1.62 bits per heavy atom. The van der Waals surface area contributed by atoms with Gasteiger partial charge in [-0.1, -0.05) is 35.9 Å². The maximum absolute atomic E-state index is 13.1. The molecule has 6 heteroatoms. The van der Waals surface area contributed by atoms with E-state index in [-0.39, 0.29) is 17.9 Å². The first-order chi connectivity index (χ1) is 12.5. The maximum atomic E-state index is 13.1. The molecule has 0 bridgehead atoms. The van der Waals surface area contributed by atoms with Crippen molar-refractivity contribution in [3.63, 3.8) is 0 Å². The van der Waals surface area contributed by atoms with E-state index < -0.39 is 0 Å². The fourth-order valence-electron chi connectivity index (χ4n) is 3.27. The van der Waals surface area contributed by atoms with Crippen LogP contribution in [0.4, 0.5) is 0 Å². The third kappa shape index (κ3) is 3.97. The highest BCUT2D eigenvalue weighted by atomic mass is 32.1. The Morgan fingerprint density at radius 3 is 2.15 bits per heavy atom. The Bertz CT molecular complexity index is 748. The van der Waals surface area contributed by atoms with Gasteiger partial charge in [0.25, 0.3) is 5.91 Å². The quantitative estimate of drug-likeness (QED) is 0.830. The first-order valence-electron chi connectivity index (χ1n) is 8.82. The highest BCUT2D eigenvalue weighted by molar-refractivity contribution is 7.12. The molecule has 2 amide bonds. The monoisotopic (exact) mass is 371 g/mol. The van der Waals surface area contributed by atoms with Gasteiger partial charge in [0, 0.05) is 26.2 Å². The molecule has 138 valence electrons. The summed E-state index contributed by atoms with van der Waals surface area (Å²) in [5.41, 5.74) is 2.18. The molecule has 1 aromatic carbocycles. The third-order valence-electron chi connectivity index (χ3n) is 4.75. The van der Waals surface area contributed by atoms with Crippen LogP contribution in [0, 0.1) is 6.92 Å². The van der Waals surface area contributed by atoms with Gasteiger partial charge in [-0.2, -0.15) is 0 Å². The molecule has 26 heavy (non-hydrogen) atoms. The van der Waals surface area contributed by atoms with Crippen LogP contribution in [0.5, 0.6) is 0 Å². The van der Waals surface area contributed by atoms with E-state index in [1.54, 1.807) is 0 Å². The molecule has 1 aromatic heterocycles. The molecule has 1 saturated heterocycles. The highest BCUT2D eigenvalue weighted by Crippen LogP contribution is 2.23. The van der Waals surface area contributed by atoms with Crippen LogP contribution in [-0.2, 0) is 4.79 Å². The van der Waals surface area contributed by atoms with Gasteiger partial charge in [-0.25, -0.2) is 0 Å². The van der Waals surface area contributed by atoms with E-state index in [0.717, 1.165) is 10.4 Å². The molecule has 2 heterocycles. The lowest BCUT2D eigenvalue weighted by Gasteiger charge is -2.37. The van der Waals surface area contributed by atoms with Crippen molar-refractivity contribution in [3.8, 4) is 0 Å². The van der Waals surface area contributed by atoms with Crippen molar-refractivity contribution < 1.29 is 9.59 Å². The predicted molar refractivity (Wildman–Crippen MR) is 104 cm³/mol. The normalized spacial score (nSPS) is 16.0. The van der Waals surface area contributed by atoms with Crippen molar-refractivity contribution in [1.29, 1.82) is 0 Å². The van der Waals surface area contributed by atoms with E-state index in [2.05, 4.69) is 0 Å². The summed E-state index contributed by atoms with van der Waals surface area (Å²) in [5.74, 6) is 0.164. The number of nitrogens with zero attached hydrogens (tertiary/aromatic N) is 3. The van der Waals surface area contributed by atoms with Crippen LogP contribution in [0.25, 0.3) is 0 Å². The number of hydrogen-bond donors (Lipinski definition) is 0. The molecule has 1 aliphatic heterocycles. The molecule has 0 N–H and O–H groups in total. The number of likely N-dealkylation sites (N-methyl/N-ethyl adjacent to an activating group) is 1. The fourth-order valence-corrected chi connectivity index (χ4v) is 3.96. The van der Waals surface area contributed by atoms with Gasteiger partial charge in [-0.3, -0.25) is 14.5 Å². The van der Waals surface area contributed by atoms with Crippen LogP contribution in [-0.4, -0.2) is 66.8 Å². The number of aryl methyl sites for hydroxylation is 1. The average Bonchev–Trinajstić information content (AvgIpc) is 3.17. The van der Waals surface area contributed by atoms with E-state index in [0.29, 0.717) is 26.2 Å². The van der Waals surface area contributed by atoms with E-state index in [9.17, 15) is 9.59 Å². The second-order valence-electron chi connectivity index (χ2n) is 6.87. The van der Waals surface area contributed by atoms with E-state index in [4.69, 9.17) is 0 Å². The first-order valence-corrected chi connectivity index (χ1v) is 9.70. The summed E-state index contributed by atoms with van der Waals surface area (Å²) in [6.45, 7) is 4.35. The van der Waals surface area contributed by atoms with Crippen molar-refractivity contribution in [3.05, 3.63) is 57.8 Å². The molecule has 0 radical (unpaired) electrons. The molecule has 1 unspecified atom stereocenters. The Morgan fingerprint density at radius 1 is 1.00 bits per heavy atom. The van der Waals surface area contributed by atoms with Gasteiger partial charge < -0.3 is 9.80 Å². The minimum Gasteiger partial charge on any atom is -0.337 e. The SMILES string of the molecule is Cc1ccc(C(C(=O)N2CCN(C(=O)c3cccs3)CC2)N(C)C)cc1. The summed E-state index contributed by atoms with van der Waals surface area (Å²) in [4.78, 5) is 32.0. The minimum absolute atomic E-state index is 0.0646. The molecular weight excluding hydrogens is 346 g/mol. The zero-order chi connectivity index (χ0) is 18.7. The zero-order valence-corrected chi connectivity index (χ0v) is 16.3. The van der Waals surface area contributed by atoms with Crippen LogP contribution in [0.2, 0.25) is 0 Å². The van der Waals surface area contributed by atoms with E-state index >= 15 is 0 Å². The molecule has 1 atom stereocenters. The van der Waals surface area contributed by atoms with Gasteiger partial charge in [0.1, 0.15) is 6.04 Å². The summed E-state index contributed by atoms with van der Waals surface area (Å²) in [6.07, 6.45) is 0. The van der Waals surface area contributed by atoms with E-state index in [1.807, 2.05) is 77.5 Å².